The molecular weight excluding hydrogens is 344 g/mol. The van der Waals surface area contributed by atoms with Crippen molar-refractivity contribution in [3.63, 3.8) is 0 Å². The molecule has 0 radical (unpaired) electrons. The van der Waals surface area contributed by atoms with E-state index in [1.54, 1.807) is 20.8 Å². The van der Waals surface area contributed by atoms with Gasteiger partial charge in [0.1, 0.15) is 0 Å². The first kappa shape index (κ1) is 19.8. The highest BCUT2D eigenvalue weighted by Crippen LogP contribution is 2.24. The van der Waals surface area contributed by atoms with Crippen LogP contribution in [0.1, 0.15) is 27.2 Å². The van der Waals surface area contributed by atoms with Crippen molar-refractivity contribution in [3.8, 4) is 0 Å². The molecule has 0 aliphatic carbocycles. The van der Waals surface area contributed by atoms with E-state index in [4.69, 9.17) is 4.74 Å². The molecule has 1 rings (SSSR count). The fourth-order valence-corrected chi connectivity index (χ4v) is 5.24. The summed E-state index contributed by atoms with van der Waals surface area (Å²) in [6, 6.07) is -0.663. The lowest BCUT2D eigenvalue weighted by atomic mass is 10.1. The monoisotopic (exact) mass is 366 g/mol. The second-order valence-electron chi connectivity index (χ2n) is 6.25. The SMILES string of the molecule is CC(C)(C)NC(=O)NC(=O)COC(=O)CS[C@H]1CCS(=O)(=O)C1. The van der Waals surface area contributed by atoms with E-state index in [1.807, 2.05) is 5.32 Å². The number of carbonyl (C=O) groups is 3. The number of sulfone groups is 1. The Bertz CT molecular complexity index is 568. The number of urea groups is 1. The van der Waals surface area contributed by atoms with Crippen molar-refractivity contribution in [3.05, 3.63) is 0 Å². The predicted molar refractivity (Wildman–Crippen MR) is 86.9 cm³/mol. The predicted octanol–water partition coefficient (Wildman–Crippen LogP) is 0.0742. The molecule has 10 heteroatoms. The third kappa shape index (κ3) is 8.80. The van der Waals surface area contributed by atoms with E-state index in [0.29, 0.717) is 6.42 Å². The highest BCUT2D eigenvalue weighted by atomic mass is 32.2. The summed E-state index contributed by atoms with van der Waals surface area (Å²) in [5.41, 5.74) is -0.487. The fourth-order valence-electron chi connectivity index (χ4n) is 1.80. The Labute approximate surface area is 140 Å². The molecule has 23 heavy (non-hydrogen) atoms. The van der Waals surface area contributed by atoms with E-state index in [1.165, 1.54) is 11.8 Å². The van der Waals surface area contributed by atoms with Crippen molar-refractivity contribution < 1.29 is 27.5 Å². The van der Waals surface area contributed by atoms with E-state index in [0.717, 1.165) is 0 Å². The molecule has 0 bridgehead atoms. The molecule has 132 valence electrons. The molecule has 1 saturated heterocycles. The Morgan fingerprint density at radius 1 is 1.26 bits per heavy atom. The largest absolute Gasteiger partial charge is 0.455 e. The van der Waals surface area contributed by atoms with Gasteiger partial charge in [0.15, 0.2) is 16.4 Å². The topological polar surface area (TPSA) is 119 Å². The van der Waals surface area contributed by atoms with E-state index >= 15 is 0 Å². The minimum Gasteiger partial charge on any atom is -0.455 e. The summed E-state index contributed by atoms with van der Waals surface area (Å²) >= 11 is 1.20. The molecular formula is C13H22N2O6S2. The molecule has 0 saturated carbocycles. The number of imide groups is 1. The zero-order valence-electron chi connectivity index (χ0n) is 13.4. The van der Waals surface area contributed by atoms with Crippen LogP contribution < -0.4 is 10.6 Å². The van der Waals surface area contributed by atoms with Gasteiger partial charge in [0.25, 0.3) is 5.91 Å². The van der Waals surface area contributed by atoms with Gasteiger partial charge < -0.3 is 10.1 Å². The first-order valence-electron chi connectivity index (χ1n) is 7.06. The standard InChI is InChI=1S/C13H22N2O6S2/c1-13(2,3)15-12(18)14-10(16)6-21-11(17)7-22-9-4-5-23(19,20)8-9/h9H,4-8H2,1-3H3,(H2,14,15,16,18)/t9-/m0/s1. The van der Waals surface area contributed by atoms with Crippen LogP contribution in [-0.2, 0) is 24.2 Å². The van der Waals surface area contributed by atoms with Crippen molar-refractivity contribution in [1.82, 2.24) is 10.6 Å². The zero-order chi connectivity index (χ0) is 17.7. The molecule has 8 nitrogen and oxygen atoms in total. The summed E-state index contributed by atoms with van der Waals surface area (Å²) in [4.78, 5) is 34.4. The number of esters is 1. The number of carbonyl (C=O) groups excluding carboxylic acids is 3. The highest BCUT2D eigenvalue weighted by Gasteiger charge is 2.28. The lowest BCUT2D eigenvalue weighted by Crippen LogP contribution is -2.49. The molecule has 0 unspecified atom stereocenters. The van der Waals surface area contributed by atoms with Gasteiger partial charge in [-0.1, -0.05) is 0 Å². The Morgan fingerprint density at radius 2 is 1.91 bits per heavy atom. The molecule has 0 aromatic rings. The van der Waals surface area contributed by atoms with Crippen LogP contribution in [0.15, 0.2) is 0 Å². The Morgan fingerprint density at radius 3 is 2.43 bits per heavy atom. The molecule has 0 spiro atoms. The Hall–Kier alpha value is -1.29. The Balaban J connectivity index is 2.20. The molecule has 1 heterocycles. The molecule has 1 fully saturated rings. The summed E-state index contributed by atoms with van der Waals surface area (Å²) in [5, 5.41) is 4.47. The van der Waals surface area contributed by atoms with Crippen LogP contribution in [0.3, 0.4) is 0 Å². The summed E-state index contributed by atoms with van der Waals surface area (Å²) in [5.74, 6) is -1.16. The van der Waals surface area contributed by atoms with Crippen LogP contribution in [0.25, 0.3) is 0 Å². The van der Waals surface area contributed by atoms with Gasteiger partial charge >= 0.3 is 12.0 Å². The second kappa shape index (κ2) is 8.00. The van der Waals surface area contributed by atoms with Crippen LogP contribution >= 0.6 is 11.8 Å². The molecule has 1 aliphatic heterocycles. The first-order valence-corrected chi connectivity index (χ1v) is 9.93. The first-order chi connectivity index (χ1) is 10.5. The third-order valence-corrected chi connectivity index (χ3v) is 5.99. The van der Waals surface area contributed by atoms with E-state index < -0.39 is 39.9 Å². The highest BCUT2D eigenvalue weighted by molar-refractivity contribution is 8.02. The average Bonchev–Trinajstić information content (AvgIpc) is 2.71. The summed E-state index contributed by atoms with van der Waals surface area (Å²) in [7, 11) is -2.98. The molecule has 1 aliphatic rings. The van der Waals surface area contributed by atoms with Gasteiger partial charge in [-0.25, -0.2) is 13.2 Å². The summed E-state index contributed by atoms with van der Waals surface area (Å²) in [6.07, 6.45) is 0.522. The van der Waals surface area contributed by atoms with Crippen molar-refractivity contribution in [2.75, 3.05) is 23.9 Å². The van der Waals surface area contributed by atoms with Crippen molar-refractivity contribution in [1.29, 1.82) is 0 Å². The summed E-state index contributed by atoms with van der Waals surface area (Å²) < 4.78 is 27.3. The number of hydrogen-bond donors (Lipinski definition) is 2. The van der Waals surface area contributed by atoms with E-state index in [9.17, 15) is 22.8 Å². The van der Waals surface area contributed by atoms with Crippen molar-refractivity contribution >= 4 is 39.5 Å². The van der Waals surface area contributed by atoms with Gasteiger partial charge in [0.2, 0.25) is 0 Å². The smallest absolute Gasteiger partial charge is 0.321 e. The lowest BCUT2D eigenvalue weighted by molar-refractivity contribution is -0.145. The van der Waals surface area contributed by atoms with Gasteiger partial charge in [-0.15, -0.1) is 11.8 Å². The van der Waals surface area contributed by atoms with Crippen LogP contribution in [0.2, 0.25) is 0 Å². The molecule has 2 N–H and O–H groups in total. The van der Waals surface area contributed by atoms with E-state index in [2.05, 4.69) is 5.32 Å². The number of hydrogen-bond acceptors (Lipinski definition) is 7. The molecule has 0 aromatic carbocycles. The zero-order valence-corrected chi connectivity index (χ0v) is 15.0. The minimum absolute atomic E-state index is 0.0261. The minimum atomic E-state index is -2.98. The maximum atomic E-state index is 11.5. The van der Waals surface area contributed by atoms with Crippen molar-refractivity contribution in [2.45, 2.75) is 38.0 Å². The van der Waals surface area contributed by atoms with Gasteiger partial charge in [0, 0.05) is 10.8 Å². The van der Waals surface area contributed by atoms with Gasteiger partial charge in [-0.2, -0.15) is 0 Å². The van der Waals surface area contributed by atoms with Gasteiger partial charge in [-0.3, -0.25) is 14.9 Å². The Kier molecular flexibility index (Phi) is 6.87. The van der Waals surface area contributed by atoms with Crippen LogP contribution in [0.5, 0.6) is 0 Å². The second-order valence-corrected chi connectivity index (χ2v) is 9.77. The number of nitrogens with one attached hydrogen (secondary N) is 2. The third-order valence-electron chi connectivity index (χ3n) is 2.73. The number of rotatable bonds is 5. The molecule has 3 amide bonds. The maximum absolute atomic E-state index is 11.5. The fraction of sp³-hybridized carbons (Fsp3) is 0.769. The van der Waals surface area contributed by atoms with E-state index in [-0.39, 0.29) is 22.5 Å². The van der Waals surface area contributed by atoms with Gasteiger partial charge in [0.05, 0.1) is 17.3 Å². The molecule has 1 atom stereocenters. The quantitative estimate of drug-likeness (QED) is 0.661. The normalized spacial score (nSPS) is 19.9. The summed E-state index contributed by atoms with van der Waals surface area (Å²) in [6.45, 7) is 4.73. The average molecular weight is 366 g/mol. The van der Waals surface area contributed by atoms with Crippen molar-refractivity contribution in [2.24, 2.45) is 0 Å². The molecule has 0 aromatic heterocycles. The number of ether oxygens (including phenoxy) is 1. The van der Waals surface area contributed by atoms with Gasteiger partial charge in [-0.05, 0) is 27.2 Å². The van der Waals surface area contributed by atoms with Crippen LogP contribution in [0, 0.1) is 0 Å². The van der Waals surface area contributed by atoms with Crippen LogP contribution in [0.4, 0.5) is 4.79 Å². The number of amides is 3. The number of thioether (sulfide) groups is 1. The maximum Gasteiger partial charge on any atom is 0.321 e. The lowest BCUT2D eigenvalue weighted by Gasteiger charge is -2.20. The van der Waals surface area contributed by atoms with Crippen LogP contribution in [-0.4, -0.2) is 61.0 Å².